The third kappa shape index (κ3) is 1.72. The molecule has 3 nitrogen and oxygen atoms in total. The second-order valence-electron chi connectivity index (χ2n) is 4.24. The lowest BCUT2D eigenvalue weighted by molar-refractivity contribution is -0.0550. The first kappa shape index (κ1) is 10.1. The highest BCUT2D eigenvalue weighted by Gasteiger charge is 2.43. The molecular formula is C11H18O3. The second kappa shape index (κ2) is 4.43. The standard InChI is InChI=1S/C11H18O3/c1-13-7-14-6-11-9-3-2-8(4-9)10(11)5-12/h2-3,8-12H,4-7H2,1H3/t8-,9+,10-,11+/m1/s1. The zero-order chi connectivity index (χ0) is 9.97. The summed E-state index contributed by atoms with van der Waals surface area (Å²) in [6, 6.07) is 0. The third-order valence-electron chi connectivity index (χ3n) is 3.52. The predicted octanol–water partition coefficient (Wildman–Crippen LogP) is 1.04. The van der Waals surface area contributed by atoms with Crippen LogP contribution >= 0.6 is 0 Å². The van der Waals surface area contributed by atoms with Gasteiger partial charge in [0.1, 0.15) is 6.79 Å². The van der Waals surface area contributed by atoms with Gasteiger partial charge in [0, 0.05) is 13.7 Å². The second-order valence-corrected chi connectivity index (χ2v) is 4.24. The van der Waals surface area contributed by atoms with Crippen LogP contribution < -0.4 is 0 Å². The first-order valence-corrected chi connectivity index (χ1v) is 5.22. The molecule has 2 aliphatic rings. The maximum absolute atomic E-state index is 9.29. The average molecular weight is 198 g/mol. The van der Waals surface area contributed by atoms with E-state index in [-0.39, 0.29) is 6.61 Å². The van der Waals surface area contributed by atoms with Crippen LogP contribution in [0.15, 0.2) is 12.2 Å². The first-order valence-electron chi connectivity index (χ1n) is 5.22. The number of hydrogen-bond acceptors (Lipinski definition) is 3. The fraction of sp³-hybridized carbons (Fsp3) is 0.818. The van der Waals surface area contributed by atoms with Crippen molar-refractivity contribution in [2.75, 3.05) is 27.1 Å². The van der Waals surface area contributed by atoms with Gasteiger partial charge >= 0.3 is 0 Å². The largest absolute Gasteiger partial charge is 0.396 e. The highest BCUT2D eigenvalue weighted by molar-refractivity contribution is 5.13. The lowest BCUT2D eigenvalue weighted by atomic mass is 9.84. The molecule has 0 aromatic heterocycles. The molecule has 1 fully saturated rings. The Morgan fingerprint density at radius 2 is 2.00 bits per heavy atom. The summed E-state index contributed by atoms with van der Waals surface area (Å²) in [5.41, 5.74) is 0. The minimum Gasteiger partial charge on any atom is -0.396 e. The van der Waals surface area contributed by atoms with Crippen molar-refractivity contribution in [1.29, 1.82) is 0 Å². The molecule has 4 atom stereocenters. The molecule has 0 saturated heterocycles. The molecule has 0 unspecified atom stereocenters. The van der Waals surface area contributed by atoms with E-state index in [2.05, 4.69) is 12.2 Å². The normalized spacial score (nSPS) is 39.6. The van der Waals surface area contributed by atoms with Crippen LogP contribution in [0.5, 0.6) is 0 Å². The van der Waals surface area contributed by atoms with E-state index in [1.165, 1.54) is 6.42 Å². The van der Waals surface area contributed by atoms with Gasteiger partial charge in [-0.05, 0) is 30.1 Å². The summed E-state index contributed by atoms with van der Waals surface area (Å²) in [5, 5.41) is 9.29. The highest BCUT2D eigenvalue weighted by Crippen LogP contribution is 2.47. The van der Waals surface area contributed by atoms with E-state index in [1.807, 2.05) is 0 Å². The summed E-state index contributed by atoms with van der Waals surface area (Å²) in [4.78, 5) is 0. The van der Waals surface area contributed by atoms with E-state index in [4.69, 9.17) is 9.47 Å². The average Bonchev–Trinajstić information content (AvgIpc) is 2.78. The molecule has 0 heterocycles. The number of ether oxygens (including phenoxy) is 2. The summed E-state index contributed by atoms with van der Waals surface area (Å²) in [6.07, 6.45) is 5.72. The molecular weight excluding hydrogens is 180 g/mol. The zero-order valence-corrected chi connectivity index (χ0v) is 8.56. The molecule has 2 rings (SSSR count). The van der Waals surface area contributed by atoms with Crippen molar-refractivity contribution < 1.29 is 14.6 Å². The van der Waals surface area contributed by atoms with Crippen molar-refractivity contribution in [3.8, 4) is 0 Å². The number of hydrogen-bond donors (Lipinski definition) is 1. The van der Waals surface area contributed by atoms with Gasteiger partial charge in [0.2, 0.25) is 0 Å². The van der Waals surface area contributed by atoms with Crippen molar-refractivity contribution in [1.82, 2.24) is 0 Å². The van der Waals surface area contributed by atoms with Gasteiger partial charge in [0.15, 0.2) is 0 Å². The van der Waals surface area contributed by atoms with Crippen LogP contribution in [0.3, 0.4) is 0 Å². The van der Waals surface area contributed by atoms with E-state index in [9.17, 15) is 5.11 Å². The summed E-state index contributed by atoms with van der Waals surface area (Å²) in [5.74, 6) is 2.10. The van der Waals surface area contributed by atoms with Gasteiger partial charge < -0.3 is 14.6 Å². The van der Waals surface area contributed by atoms with Gasteiger partial charge in [-0.3, -0.25) is 0 Å². The Morgan fingerprint density at radius 1 is 1.29 bits per heavy atom. The number of allylic oxidation sites excluding steroid dienone is 2. The maximum atomic E-state index is 9.29. The lowest BCUT2D eigenvalue weighted by Gasteiger charge is -2.25. The summed E-state index contributed by atoms with van der Waals surface area (Å²) in [6.45, 7) is 1.35. The van der Waals surface area contributed by atoms with Crippen molar-refractivity contribution in [3.05, 3.63) is 12.2 Å². The Hall–Kier alpha value is -0.380. The molecule has 14 heavy (non-hydrogen) atoms. The molecule has 0 radical (unpaired) electrons. The van der Waals surface area contributed by atoms with Crippen LogP contribution in [0.25, 0.3) is 0 Å². The quantitative estimate of drug-likeness (QED) is 0.407. The Morgan fingerprint density at radius 3 is 2.64 bits per heavy atom. The van der Waals surface area contributed by atoms with Gasteiger partial charge in [-0.2, -0.15) is 0 Å². The number of aliphatic hydroxyl groups excluding tert-OH is 1. The third-order valence-corrected chi connectivity index (χ3v) is 3.52. The fourth-order valence-electron chi connectivity index (χ4n) is 2.81. The monoisotopic (exact) mass is 198 g/mol. The molecule has 2 aliphatic carbocycles. The molecule has 1 N–H and O–H groups in total. The van der Waals surface area contributed by atoms with Crippen molar-refractivity contribution in [2.45, 2.75) is 6.42 Å². The minimum absolute atomic E-state index is 0.284. The molecule has 3 heteroatoms. The molecule has 2 bridgehead atoms. The molecule has 80 valence electrons. The van der Waals surface area contributed by atoms with Gasteiger partial charge in [0.25, 0.3) is 0 Å². The van der Waals surface area contributed by atoms with Crippen molar-refractivity contribution in [2.24, 2.45) is 23.7 Å². The first-order chi connectivity index (χ1) is 6.86. The summed E-state index contributed by atoms with van der Waals surface area (Å²) >= 11 is 0. The predicted molar refractivity (Wildman–Crippen MR) is 52.6 cm³/mol. The van der Waals surface area contributed by atoms with E-state index >= 15 is 0 Å². The Kier molecular flexibility index (Phi) is 3.21. The van der Waals surface area contributed by atoms with Gasteiger partial charge in [0.05, 0.1) is 6.61 Å². The number of methoxy groups -OCH3 is 1. The zero-order valence-electron chi connectivity index (χ0n) is 8.56. The van der Waals surface area contributed by atoms with Crippen molar-refractivity contribution in [3.63, 3.8) is 0 Å². The topological polar surface area (TPSA) is 38.7 Å². The van der Waals surface area contributed by atoms with Gasteiger partial charge in [-0.15, -0.1) is 0 Å². The van der Waals surface area contributed by atoms with Crippen LogP contribution in [0, 0.1) is 23.7 Å². The number of aliphatic hydroxyl groups is 1. The molecule has 0 amide bonds. The maximum Gasteiger partial charge on any atom is 0.146 e. The van der Waals surface area contributed by atoms with Gasteiger partial charge in [-0.25, -0.2) is 0 Å². The Labute approximate surface area is 84.7 Å². The molecule has 0 spiro atoms. The van der Waals surface area contributed by atoms with Crippen LogP contribution in [0.2, 0.25) is 0 Å². The van der Waals surface area contributed by atoms with Crippen LogP contribution in [-0.4, -0.2) is 32.2 Å². The summed E-state index contributed by atoms with van der Waals surface area (Å²) in [7, 11) is 1.63. The van der Waals surface area contributed by atoms with Crippen LogP contribution in [0.1, 0.15) is 6.42 Å². The van der Waals surface area contributed by atoms with E-state index < -0.39 is 0 Å². The van der Waals surface area contributed by atoms with E-state index in [1.54, 1.807) is 7.11 Å². The fourth-order valence-corrected chi connectivity index (χ4v) is 2.81. The van der Waals surface area contributed by atoms with Crippen molar-refractivity contribution >= 4 is 0 Å². The van der Waals surface area contributed by atoms with E-state index in [0.29, 0.717) is 37.1 Å². The number of rotatable bonds is 5. The van der Waals surface area contributed by atoms with Gasteiger partial charge in [-0.1, -0.05) is 12.2 Å². The molecule has 1 saturated carbocycles. The lowest BCUT2D eigenvalue weighted by Crippen LogP contribution is -2.27. The smallest absolute Gasteiger partial charge is 0.146 e. The highest BCUT2D eigenvalue weighted by atomic mass is 16.7. The minimum atomic E-state index is 0.284. The van der Waals surface area contributed by atoms with E-state index in [0.717, 1.165) is 0 Å². The SMILES string of the molecule is COCOC[C@@H]1[C@H](CO)[C@@H]2C=C[C@H]1C2. The molecule has 0 aliphatic heterocycles. The summed E-state index contributed by atoms with van der Waals surface area (Å²) < 4.78 is 10.2. The number of fused-ring (bicyclic) bond motifs is 2. The Bertz CT molecular complexity index is 215. The van der Waals surface area contributed by atoms with Crippen LogP contribution in [0.4, 0.5) is 0 Å². The molecule has 0 aromatic carbocycles. The molecule has 0 aromatic rings. The van der Waals surface area contributed by atoms with Crippen LogP contribution in [-0.2, 0) is 9.47 Å². The Balaban J connectivity index is 1.87.